The summed E-state index contributed by atoms with van der Waals surface area (Å²) in [5.74, 6) is 0.419. The first kappa shape index (κ1) is 9.75. The molecule has 2 N–H and O–H groups in total. The molecule has 0 heterocycles. The maximum atomic E-state index is 5.80. The van der Waals surface area contributed by atoms with E-state index in [1.165, 1.54) is 5.56 Å². The van der Waals surface area contributed by atoms with Gasteiger partial charge in [0.05, 0.1) is 0 Å². The van der Waals surface area contributed by atoms with Gasteiger partial charge in [-0.1, -0.05) is 35.0 Å². The highest BCUT2D eigenvalue weighted by molar-refractivity contribution is 9.10. The lowest BCUT2D eigenvalue weighted by Gasteiger charge is -2.15. The Balaban J connectivity index is 2.88. The summed E-state index contributed by atoms with van der Waals surface area (Å²) in [6.45, 7) is 4.18. The van der Waals surface area contributed by atoms with Crippen molar-refractivity contribution in [3.05, 3.63) is 34.3 Å². The number of benzene rings is 1. The van der Waals surface area contributed by atoms with E-state index in [0.29, 0.717) is 5.92 Å². The Morgan fingerprint density at radius 3 is 2.50 bits per heavy atom. The molecule has 1 rings (SSSR count). The van der Waals surface area contributed by atoms with Gasteiger partial charge >= 0.3 is 0 Å². The fourth-order valence-corrected chi connectivity index (χ4v) is 1.51. The molecular weight excluding hydrogens is 214 g/mol. The van der Waals surface area contributed by atoms with E-state index < -0.39 is 0 Å². The van der Waals surface area contributed by atoms with Crippen LogP contribution in [-0.4, -0.2) is 6.04 Å². The Morgan fingerprint density at radius 2 is 2.00 bits per heavy atom. The van der Waals surface area contributed by atoms with Crippen LogP contribution < -0.4 is 5.73 Å². The van der Waals surface area contributed by atoms with E-state index in [0.717, 1.165) is 4.47 Å². The van der Waals surface area contributed by atoms with Crippen molar-refractivity contribution in [2.75, 3.05) is 0 Å². The molecule has 66 valence electrons. The summed E-state index contributed by atoms with van der Waals surface area (Å²) >= 11 is 3.44. The molecule has 0 saturated heterocycles. The molecule has 0 aliphatic carbocycles. The first-order valence-electron chi connectivity index (χ1n) is 4.12. The number of rotatable bonds is 2. The summed E-state index contributed by atoms with van der Waals surface area (Å²) in [6.07, 6.45) is 0. The van der Waals surface area contributed by atoms with E-state index >= 15 is 0 Å². The Kier molecular flexibility index (Phi) is 3.29. The average Bonchev–Trinajstić information content (AvgIpc) is 2.03. The zero-order valence-electron chi connectivity index (χ0n) is 7.42. The number of halogens is 1. The zero-order chi connectivity index (χ0) is 9.14. The van der Waals surface area contributed by atoms with Crippen LogP contribution in [0.5, 0.6) is 0 Å². The van der Waals surface area contributed by atoms with E-state index in [4.69, 9.17) is 5.73 Å². The molecule has 0 aromatic heterocycles. The van der Waals surface area contributed by atoms with Gasteiger partial charge in [-0.05, 0) is 30.5 Å². The molecule has 2 unspecified atom stereocenters. The molecule has 1 aromatic rings. The molecule has 12 heavy (non-hydrogen) atoms. The van der Waals surface area contributed by atoms with Crippen LogP contribution in [0.25, 0.3) is 0 Å². The van der Waals surface area contributed by atoms with Crippen LogP contribution in [-0.2, 0) is 0 Å². The second kappa shape index (κ2) is 4.06. The maximum absolute atomic E-state index is 5.80. The molecule has 0 fully saturated rings. The summed E-state index contributed by atoms with van der Waals surface area (Å²) in [6, 6.07) is 8.50. The van der Waals surface area contributed by atoms with Crippen molar-refractivity contribution in [2.45, 2.75) is 25.8 Å². The molecule has 2 atom stereocenters. The number of hydrogen-bond acceptors (Lipinski definition) is 1. The third kappa shape index (κ3) is 2.32. The fraction of sp³-hybridized carbons (Fsp3) is 0.400. The summed E-state index contributed by atoms with van der Waals surface area (Å²) in [5, 5.41) is 0. The van der Waals surface area contributed by atoms with Gasteiger partial charge in [-0.3, -0.25) is 0 Å². The number of hydrogen-bond donors (Lipinski definition) is 1. The van der Waals surface area contributed by atoms with Crippen LogP contribution in [0.15, 0.2) is 28.7 Å². The molecule has 0 aliphatic heterocycles. The molecule has 0 spiro atoms. The minimum atomic E-state index is 0.208. The van der Waals surface area contributed by atoms with Crippen molar-refractivity contribution in [3.63, 3.8) is 0 Å². The van der Waals surface area contributed by atoms with Crippen molar-refractivity contribution >= 4 is 15.9 Å². The zero-order valence-corrected chi connectivity index (χ0v) is 9.01. The minimum Gasteiger partial charge on any atom is -0.327 e. The van der Waals surface area contributed by atoms with Crippen LogP contribution in [0.4, 0.5) is 0 Å². The molecule has 0 bridgehead atoms. The van der Waals surface area contributed by atoms with E-state index in [2.05, 4.69) is 35.0 Å². The van der Waals surface area contributed by atoms with Gasteiger partial charge in [0.15, 0.2) is 0 Å². The molecule has 1 nitrogen and oxygen atoms in total. The fourth-order valence-electron chi connectivity index (χ4n) is 1.09. The molecule has 0 radical (unpaired) electrons. The lowest BCUT2D eigenvalue weighted by atomic mass is 9.95. The predicted molar refractivity (Wildman–Crippen MR) is 56.2 cm³/mol. The molecular formula is C10H14BrN. The Hall–Kier alpha value is -0.340. The normalized spacial score (nSPS) is 15.7. The van der Waals surface area contributed by atoms with Crippen molar-refractivity contribution < 1.29 is 0 Å². The summed E-state index contributed by atoms with van der Waals surface area (Å²) < 4.78 is 1.12. The van der Waals surface area contributed by atoms with E-state index in [9.17, 15) is 0 Å². The van der Waals surface area contributed by atoms with Crippen molar-refractivity contribution in [1.29, 1.82) is 0 Å². The molecule has 2 heteroatoms. The third-order valence-corrected chi connectivity index (χ3v) is 2.66. The summed E-state index contributed by atoms with van der Waals surface area (Å²) in [5.41, 5.74) is 7.09. The molecule has 0 saturated carbocycles. The van der Waals surface area contributed by atoms with Gasteiger partial charge < -0.3 is 5.73 Å². The van der Waals surface area contributed by atoms with Crippen molar-refractivity contribution in [3.8, 4) is 0 Å². The first-order valence-corrected chi connectivity index (χ1v) is 4.91. The van der Waals surface area contributed by atoms with Gasteiger partial charge in [0.25, 0.3) is 0 Å². The van der Waals surface area contributed by atoms with Crippen LogP contribution in [0.1, 0.15) is 25.3 Å². The second-order valence-corrected chi connectivity index (χ2v) is 4.12. The van der Waals surface area contributed by atoms with Gasteiger partial charge in [0.1, 0.15) is 0 Å². The van der Waals surface area contributed by atoms with Crippen LogP contribution in [0, 0.1) is 0 Å². The van der Waals surface area contributed by atoms with E-state index in [1.807, 2.05) is 19.1 Å². The topological polar surface area (TPSA) is 26.0 Å². The van der Waals surface area contributed by atoms with Gasteiger partial charge in [0.2, 0.25) is 0 Å². The largest absolute Gasteiger partial charge is 0.327 e. The highest BCUT2D eigenvalue weighted by atomic mass is 79.9. The van der Waals surface area contributed by atoms with Gasteiger partial charge in [-0.2, -0.15) is 0 Å². The maximum Gasteiger partial charge on any atom is 0.0178 e. The quantitative estimate of drug-likeness (QED) is 0.827. The minimum absolute atomic E-state index is 0.208. The Bertz CT molecular complexity index is 258. The summed E-state index contributed by atoms with van der Waals surface area (Å²) in [7, 11) is 0. The summed E-state index contributed by atoms with van der Waals surface area (Å²) in [4.78, 5) is 0. The van der Waals surface area contributed by atoms with Gasteiger partial charge in [-0.15, -0.1) is 0 Å². The third-order valence-electron chi connectivity index (χ3n) is 2.16. The second-order valence-electron chi connectivity index (χ2n) is 3.20. The smallest absolute Gasteiger partial charge is 0.0178 e. The highest BCUT2D eigenvalue weighted by Gasteiger charge is 2.09. The lowest BCUT2D eigenvalue weighted by molar-refractivity contribution is 0.613. The predicted octanol–water partition coefficient (Wildman–Crippen LogP) is 2.90. The molecule has 0 aliphatic rings. The average molecular weight is 228 g/mol. The standard InChI is InChI=1S/C10H14BrN/c1-7(8(2)12)9-4-3-5-10(11)6-9/h3-8H,12H2,1-2H3. The van der Waals surface area contributed by atoms with E-state index in [-0.39, 0.29) is 6.04 Å². The highest BCUT2D eigenvalue weighted by Crippen LogP contribution is 2.21. The van der Waals surface area contributed by atoms with Crippen molar-refractivity contribution in [1.82, 2.24) is 0 Å². The van der Waals surface area contributed by atoms with Crippen LogP contribution >= 0.6 is 15.9 Å². The molecule has 1 aromatic carbocycles. The van der Waals surface area contributed by atoms with Gasteiger partial charge in [0, 0.05) is 10.5 Å². The van der Waals surface area contributed by atoms with Gasteiger partial charge in [-0.25, -0.2) is 0 Å². The Labute approximate surface area is 82.1 Å². The van der Waals surface area contributed by atoms with Crippen molar-refractivity contribution in [2.24, 2.45) is 5.73 Å². The van der Waals surface area contributed by atoms with E-state index in [1.54, 1.807) is 0 Å². The Morgan fingerprint density at radius 1 is 1.33 bits per heavy atom. The first-order chi connectivity index (χ1) is 5.61. The SMILES string of the molecule is CC(N)C(C)c1cccc(Br)c1. The number of nitrogens with two attached hydrogens (primary N) is 1. The monoisotopic (exact) mass is 227 g/mol. The molecule has 0 amide bonds. The van der Waals surface area contributed by atoms with Crippen LogP contribution in [0.3, 0.4) is 0 Å². The lowest BCUT2D eigenvalue weighted by Crippen LogP contribution is -2.22. The van der Waals surface area contributed by atoms with Crippen LogP contribution in [0.2, 0.25) is 0 Å².